The van der Waals surface area contributed by atoms with Crippen LogP contribution >= 0.6 is 0 Å². The molecule has 156 valence electrons. The summed E-state index contributed by atoms with van der Waals surface area (Å²) in [6.07, 6.45) is 8.29. The van der Waals surface area contributed by atoms with E-state index in [1.54, 1.807) is 19.0 Å². The van der Waals surface area contributed by atoms with Crippen molar-refractivity contribution in [1.29, 1.82) is 0 Å². The summed E-state index contributed by atoms with van der Waals surface area (Å²) in [6, 6.07) is 0.898. The fourth-order valence-electron chi connectivity index (χ4n) is 4.82. The number of guanidine groups is 1. The molecular formula is C20H34N6O2. The van der Waals surface area contributed by atoms with Gasteiger partial charge >= 0.3 is 6.03 Å². The van der Waals surface area contributed by atoms with E-state index in [4.69, 9.17) is 0 Å². The second-order valence-corrected chi connectivity index (χ2v) is 9.18. The molecule has 3 amide bonds. The van der Waals surface area contributed by atoms with Gasteiger partial charge in [0.15, 0.2) is 5.96 Å². The summed E-state index contributed by atoms with van der Waals surface area (Å²) in [5.74, 6) is 2.43. The molecule has 4 rings (SSSR count). The zero-order valence-corrected chi connectivity index (χ0v) is 17.1. The van der Waals surface area contributed by atoms with Gasteiger partial charge in [-0.05, 0) is 50.4 Å². The number of rotatable bonds is 5. The van der Waals surface area contributed by atoms with Gasteiger partial charge in [-0.25, -0.2) is 9.79 Å². The zero-order valence-electron chi connectivity index (χ0n) is 17.1. The summed E-state index contributed by atoms with van der Waals surface area (Å²) in [4.78, 5) is 32.5. The van der Waals surface area contributed by atoms with Gasteiger partial charge in [-0.3, -0.25) is 4.79 Å². The molecule has 1 aliphatic heterocycles. The Balaban J connectivity index is 1.35. The maximum atomic E-state index is 12.1. The first-order valence-electron chi connectivity index (χ1n) is 10.8. The van der Waals surface area contributed by atoms with Crippen LogP contribution in [0.4, 0.5) is 4.79 Å². The molecule has 0 aromatic heterocycles. The molecule has 0 radical (unpaired) electrons. The van der Waals surface area contributed by atoms with Gasteiger partial charge in [0.2, 0.25) is 5.91 Å². The number of hydrogen-bond donors (Lipinski definition) is 3. The average Bonchev–Trinajstić information content (AvgIpc) is 3.06. The molecule has 2 bridgehead atoms. The van der Waals surface area contributed by atoms with Crippen molar-refractivity contribution < 1.29 is 9.59 Å². The van der Waals surface area contributed by atoms with Crippen LogP contribution in [0.2, 0.25) is 0 Å². The normalized spacial score (nSPS) is 31.8. The summed E-state index contributed by atoms with van der Waals surface area (Å²) in [5.41, 5.74) is 0. The van der Waals surface area contributed by atoms with Crippen molar-refractivity contribution >= 4 is 17.9 Å². The molecule has 1 heterocycles. The minimum Gasteiger partial charge on any atom is -0.353 e. The van der Waals surface area contributed by atoms with Gasteiger partial charge in [-0.15, -0.1) is 0 Å². The van der Waals surface area contributed by atoms with Gasteiger partial charge in [0, 0.05) is 45.3 Å². The second kappa shape index (κ2) is 8.17. The Hall–Kier alpha value is -1.99. The van der Waals surface area contributed by atoms with Gasteiger partial charge in [-0.1, -0.05) is 6.42 Å². The fourth-order valence-corrected chi connectivity index (χ4v) is 4.82. The third kappa shape index (κ3) is 4.70. The number of carbonyl (C=O) groups excluding carboxylic acids is 2. The highest BCUT2D eigenvalue weighted by Crippen LogP contribution is 2.44. The predicted molar refractivity (Wildman–Crippen MR) is 108 cm³/mol. The maximum Gasteiger partial charge on any atom is 0.315 e. The number of fused-ring (bicyclic) bond motifs is 2. The number of urea groups is 1. The van der Waals surface area contributed by atoms with E-state index in [2.05, 4.69) is 25.8 Å². The molecule has 3 aliphatic carbocycles. The van der Waals surface area contributed by atoms with Crippen LogP contribution in [0.25, 0.3) is 0 Å². The number of likely N-dealkylation sites (tertiary alicyclic amines) is 1. The molecule has 28 heavy (non-hydrogen) atoms. The molecule has 1 saturated heterocycles. The van der Waals surface area contributed by atoms with E-state index in [1.807, 2.05) is 0 Å². The predicted octanol–water partition coefficient (Wildman–Crippen LogP) is 0.745. The molecule has 4 unspecified atom stereocenters. The van der Waals surface area contributed by atoms with E-state index < -0.39 is 0 Å². The quantitative estimate of drug-likeness (QED) is 0.477. The molecule has 8 nitrogen and oxygen atoms in total. The van der Waals surface area contributed by atoms with Crippen LogP contribution in [0.15, 0.2) is 4.99 Å². The number of nitrogens with one attached hydrogen (secondary N) is 3. The van der Waals surface area contributed by atoms with Gasteiger partial charge in [0.05, 0.1) is 0 Å². The fraction of sp³-hybridized carbons (Fsp3) is 0.850. The molecule has 0 aromatic carbocycles. The van der Waals surface area contributed by atoms with E-state index in [0.29, 0.717) is 12.1 Å². The van der Waals surface area contributed by atoms with Crippen molar-refractivity contribution in [1.82, 2.24) is 25.8 Å². The topological polar surface area (TPSA) is 89.1 Å². The molecule has 4 aliphatic rings. The smallest absolute Gasteiger partial charge is 0.315 e. The van der Waals surface area contributed by atoms with E-state index in [0.717, 1.165) is 50.1 Å². The Bertz CT molecular complexity index is 632. The molecule has 0 spiro atoms. The molecule has 8 heteroatoms. The maximum absolute atomic E-state index is 12.1. The van der Waals surface area contributed by atoms with Crippen molar-refractivity contribution in [2.75, 3.05) is 33.7 Å². The van der Waals surface area contributed by atoms with Gasteiger partial charge in [0.1, 0.15) is 6.54 Å². The van der Waals surface area contributed by atoms with Crippen molar-refractivity contribution in [2.24, 2.45) is 16.8 Å². The summed E-state index contributed by atoms with van der Waals surface area (Å²) in [7, 11) is 3.52. The summed E-state index contributed by atoms with van der Waals surface area (Å²) < 4.78 is 0. The monoisotopic (exact) mass is 390 g/mol. The van der Waals surface area contributed by atoms with E-state index in [1.165, 1.54) is 25.7 Å². The van der Waals surface area contributed by atoms with Crippen LogP contribution in [-0.2, 0) is 4.79 Å². The number of nitrogens with zero attached hydrogens (tertiary/aromatic N) is 3. The first-order chi connectivity index (χ1) is 13.5. The Morgan fingerprint density at radius 2 is 1.79 bits per heavy atom. The molecule has 4 fully saturated rings. The number of carbonyl (C=O) groups is 2. The molecule has 3 saturated carbocycles. The molecule has 4 atom stereocenters. The minimum absolute atomic E-state index is 0.00456. The SMILES string of the molecule is CN(C)C(=O)CN=C(NC1CC2CCC1C2)N1CCC(NC(=O)NC2CC2)C1. The highest BCUT2D eigenvalue weighted by atomic mass is 16.2. The Morgan fingerprint density at radius 1 is 1.00 bits per heavy atom. The van der Waals surface area contributed by atoms with Crippen LogP contribution in [0.1, 0.15) is 44.9 Å². The van der Waals surface area contributed by atoms with Crippen molar-refractivity contribution in [3.63, 3.8) is 0 Å². The van der Waals surface area contributed by atoms with E-state index >= 15 is 0 Å². The van der Waals surface area contributed by atoms with Crippen LogP contribution in [0.5, 0.6) is 0 Å². The summed E-state index contributed by atoms with van der Waals surface area (Å²) in [5, 5.41) is 9.76. The number of aliphatic imine (C=N–C) groups is 1. The van der Waals surface area contributed by atoms with Crippen LogP contribution < -0.4 is 16.0 Å². The summed E-state index contributed by atoms with van der Waals surface area (Å²) >= 11 is 0. The lowest BCUT2D eigenvalue weighted by Gasteiger charge is -2.29. The average molecular weight is 391 g/mol. The molecule has 0 aromatic rings. The highest BCUT2D eigenvalue weighted by molar-refractivity contribution is 5.85. The third-order valence-electron chi connectivity index (χ3n) is 6.65. The van der Waals surface area contributed by atoms with Crippen molar-refractivity contribution in [3.05, 3.63) is 0 Å². The van der Waals surface area contributed by atoms with Gasteiger partial charge < -0.3 is 25.8 Å². The second-order valence-electron chi connectivity index (χ2n) is 9.18. The van der Waals surface area contributed by atoms with Gasteiger partial charge in [-0.2, -0.15) is 0 Å². The Morgan fingerprint density at radius 3 is 2.43 bits per heavy atom. The number of amides is 3. The highest BCUT2D eigenvalue weighted by Gasteiger charge is 2.40. The van der Waals surface area contributed by atoms with E-state index in [9.17, 15) is 9.59 Å². The van der Waals surface area contributed by atoms with E-state index in [-0.39, 0.29) is 24.5 Å². The molecular weight excluding hydrogens is 356 g/mol. The number of likely N-dealkylation sites (N-methyl/N-ethyl adjacent to an activating group) is 1. The largest absolute Gasteiger partial charge is 0.353 e. The Kier molecular flexibility index (Phi) is 5.64. The lowest BCUT2D eigenvalue weighted by Crippen LogP contribution is -2.49. The van der Waals surface area contributed by atoms with Gasteiger partial charge in [0.25, 0.3) is 0 Å². The van der Waals surface area contributed by atoms with Crippen LogP contribution in [0, 0.1) is 11.8 Å². The molecule has 3 N–H and O–H groups in total. The lowest BCUT2D eigenvalue weighted by atomic mass is 9.95. The first-order valence-corrected chi connectivity index (χ1v) is 10.8. The summed E-state index contributed by atoms with van der Waals surface area (Å²) in [6.45, 7) is 1.74. The number of hydrogen-bond acceptors (Lipinski definition) is 3. The minimum atomic E-state index is -0.0586. The van der Waals surface area contributed by atoms with Crippen molar-refractivity contribution in [3.8, 4) is 0 Å². The first kappa shape index (κ1) is 19.3. The van der Waals surface area contributed by atoms with Crippen molar-refractivity contribution in [2.45, 2.75) is 63.1 Å². The standard InChI is InChI=1S/C20H34N6O2/c1-25(2)18(27)11-21-19(24-17-10-13-3-4-14(17)9-13)26-8-7-16(12-26)23-20(28)22-15-5-6-15/h13-17H,3-12H2,1-2H3,(H,21,24)(H2,22,23,28). The lowest BCUT2D eigenvalue weighted by molar-refractivity contribution is -0.127. The Labute approximate surface area is 167 Å². The zero-order chi connectivity index (χ0) is 19.7. The van der Waals surface area contributed by atoms with Crippen LogP contribution in [-0.4, -0.2) is 79.6 Å². The van der Waals surface area contributed by atoms with Crippen LogP contribution in [0.3, 0.4) is 0 Å². The third-order valence-corrected chi connectivity index (χ3v) is 6.65.